The predicted molar refractivity (Wildman–Crippen MR) is 63.3 cm³/mol. The molecule has 16 heavy (non-hydrogen) atoms. The van der Waals surface area contributed by atoms with E-state index in [0.717, 1.165) is 0 Å². The predicted octanol–water partition coefficient (Wildman–Crippen LogP) is -0.210. The lowest BCUT2D eigenvalue weighted by Crippen LogP contribution is -2.62. The molecule has 0 aromatic heterocycles. The Morgan fingerprint density at radius 1 is 1.06 bits per heavy atom. The zero-order chi connectivity index (χ0) is 13.2. The maximum Gasteiger partial charge on any atom is 0.208 e. The van der Waals surface area contributed by atoms with Crippen molar-refractivity contribution in [2.75, 3.05) is 48.9 Å². The summed E-state index contributed by atoms with van der Waals surface area (Å²) in [6.45, 7) is 2.35. The average molecular weight is 236 g/mol. The third-order valence-corrected chi connectivity index (χ3v) is 3.18. The first-order valence-corrected chi connectivity index (χ1v) is 5.54. The quantitative estimate of drug-likeness (QED) is 0.381. The molecule has 0 aliphatic carbocycles. The zero-order valence-electron chi connectivity index (χ0n) is 11.7. The highest BCUT2D eigenvalue weighted by atomic mass is 16.7. The molecule has 0 bridgehead atoms. The molecule has 98 valence electrons. The number of aliphatic hydroxyl groups is 2. The van der Waals surface area contributed by atoms with Crippen LogP contribution in [-0.4, -0.2) is 80.1 Å². The summed E-state index contributed by atoms with van der Waals surface area (Å²) in [6, 6.07) is 0. The first kappa shape index (κ1) is 15.8. The fraction of sp³-hybridized carbons (Fsp3) is 1.00. The number of rotatable bonds is 6. The van der Waals surface area contributed by atoms with Crippen LogP contribution in [0.5, 0.6) is 0 Å². The molecule has 2 N–H and O–H groups in total. The Labute approximate surface area is 99.0 Å². The van der Waals surface area contributed by atoms with Crippen molar-refractivity contribution in [3.8, 4) is 0 Å². The minimum atomic E-state index is -1.36. The number of nitrogens with zero attached hydrogens (tertiary/aromatic N) is 2. The highest BCUT2D eigenvalue weighted by Crippen LogP contribution is 2.26. The number of likely N-dealkylation sites (N-methyl/N-ethyl adjacent to an activating group) is 1. The molecule has 0 fully saturated rings. The van der Waals surface area contributed by atoms with Crippen LogP contribution in [0.1, 0.15) is 13.3 Å². The lowest BCUT2D eigenvalue weighted by atomic mass is 9.93. The molecule has 0 amide bonds. The van der Waals surface area contributed by atoms with Crippen LogP contribution in [0.25, 0.3) is 0 Å². The first-order valence-electron chi connectivity index (χ1n) is 5.54. The van der Waals surface area contributed by atoms with Gasteiger partial charge in [-0.15, -0.1) is 0 Å². The minimum Gasteiger partial charge on any atom is -0.363 e. The summed E-state index contributed by atoms with van der Waals surface area (Å²) in [5.41, 5.74) is -0.630. The van der Waals surface area contributed by atoms with Gasteiger partial charge in [-0.3, -0.25) is 0 Å². The number of quaternary nitrogens is 2. The smallest absolute Gasteiger partial charge is 0.208 e. The van der Waals surface area contributed by atoms with Crippen molar-refractivity contribution >= 4 is 0 Å². The number of hydrogen-bond donors (Lipinski definition) is 2. The minimum absolute atomic E-state index is 0.411. The first-order chi connectivity index (χ1) is 6.90. The number of hydrogen-bond acceptors (Lipinski definition) is 3. The van der Waals surface area contributed by atoms with Crippen molar-refractivity contribution in [2.45, 2.75) is 25.2 Å². The lowest BCUT2D eigenvalue weighted by molar-refractivity contribution is -1.06. The third-order valence-electron chi connectivity index (χ3n) is 3.18. The van der Waals surface area contributed by atoms with Gasteiger partial charge in [0.25, 0.3) is 0 Å². The second-order valence-electron chi connectivity index (χ2n) is 6.22. The maximum atomic E-state index is 9.52. The normalized spacial score (nSPS) is 17.6. The van der Waals surface area contributed by atoms with E-state index in [9.17, 15) is 10.2 Å². The Bertz CT molecular complexity index is 218. The Morgan fingerprint density at radius 3 is 1.75 bits per heavy atom. The van der Waals surface area contributed by atoms with E-state index in [1.165, 1.54) is 0 Å². The van der Waals surface area contributed by atoms with E-state index in [-0.39, 0.29) is 0 Å². The third kappa shape index (κ3) is 4.35. The molecule has 0 aromatic rings. The molecule has 0 radical (unpaired) electrons. The molecule has 0 saturated carbocycles. The van der Waals surface area contributed by atoms with E-state index >= 15 is 0 Å². The molecule has 1 unspecified atom stereocenters. The lowest BCUT2D eigenvalue weighted by Gasteiger charge is -2.44. The fourth-order valence-corrected chi connectivity index (χ4v) is 1.34. The second kappa shape index (κ2) is 4.98. The van der Waals surface area contributed by atoms with Gasteiger partial charge in [0.1, 0.15) is 12.1 Å². The van der Waals surface area contributed by atoms with Crippen LogP contribution in [0, 0.1) is 0 Å². The van der Waals surface area contributed by atoms with Gasteiger partial charge < -0.3 is 14.7 Å². The standard InChI is InChI=1S/C11H28N2O3/c1-11(10(14)15,12(2,3)4)8-9-16-13(5,6)7/h10,14-15H,8-9H2,1-7H3/q+2. The fourth-order valence-electron chi connectivity index (χ4n) is 1.34. The van der Waals surface area contributed by atoms with Crippen LogP contribution in [0.4, 0.5) is 0 Å². The zero-order valence-corrected chi connectivity index (χ0v) is 11.7. The van der Waals surface area contributed by atoms with E-state index in [1.54, 1.807) is 0 Å². The van der Waals surface area contributed by atoms with Gasteiger partial charge in [-0.25, -0.2) is 4.84 Å². The van der Waals surface area contributed by atoms with E-state index in [4.69, 9.17) is 4.84 Å². The molecule has 5 nitrogen and oxygen atoms in total. The van der Waals surface area contributed by atoms with Crippen molar-refractivity contribution in [2.24, 2.45) is 0 Å². The summed E-state index contributed by atoms with van der Waals surface area (Å²) < 4.78 is 0.889. The Morgan fingerprint density at radius 2 is 1.50 bits per heavy atom. The Kier molecular flexibility index (Phi) is 4.91. The van der Waals surface area contributed by atoms with E-state index < -0.39 is 11.8 Å². The van der Waals surface area contributed by atoms with Gasteiger partial charge >= 0.3 is 0 Å². The molecule has 1 atom stereocenters. The summed E-state index contributed by atoms with van der Waals surface area (Å²) in [5.74, 6) is 0. The van der Waals surface area contributed by atoms with Gasteiger partial charge in [-0.2, -0.15) is 4.65 Å². The van der Waals surface area contributed by atoms with E-state index in [1.807, 2.05) is 49.2 Å². The van der Waals surface area contributed by atoms with Crippen LogP contribution < -0.4 is 0 Å². The van der Waals surface area contributed by atoms with Crippen LogP contribution in [0.3, 0.4) is 0 Å². The molecular weight excluding hydrogens is 208 g/mol. The monoisotopic (exact) mass is 236 g/mol. The van der Waals surface area contributed by atoms with Gasteiger partial charge in [0.15, 0.2) is 0 Å². The van der Waals surface area contributed by atoms with Crippen molar-refractivity contribution in [1.29, 1.82) is 0 Å². The number of hydroxylamine groups is 3. The van der Waals surface area contributed by atoms with Gasteiger partial charge in [0.05, 0.1) is 42.3 Å². The highest BCUT2D eigenvalue weighted by Gasteiger charge is 2.44. The summed E-state index contributed by atoms with van der Waals surface area (Å²) in [5, 5.41) is 19.0. The molecule has 5 heteroatoms. The van der Waals surface area contributed by atoms with Crippen LogP contribution in [0.15, 0.2) is 0 Å². The molecule has 0 saturated heterocycles. The largest absolute Gasteiger partial charge is 0.363 e. The Hall–Kier alpha value is -0.200. The maximum absolute atomic E-state index is 9.52. The van der Waals surface area contributed by atoms with Gasteiger partial charge in [0.2, 0.25) is 6.29 Å². The van der Waals surface area contributed by atoms with Crippen molar-refractivity contribution in [3.63, 3.8) is 0 Å². The van der Waals surface area contributed by atoms with Crippen LogP contribution >= 0.6 is 0 Å². The topological polar surface area (TPSA) is 49.7 Å². The Balaban J connectivity index is 4.49. The average Bonchev–Trinajstić information content (AvgIpc) is 1.98. The molecule has 0 aliphatic rings. The molecular formula is C11H28N2O3+2. The summed E-state index contributed by atoms with van der Waals surface area (Å²) in [6.07, 6.45) is -0.771. The molecule has 0 rings (SSSR count). The van der Waals surface area contributed by atoms with Gasteiger partial charge in [-0.1, -0.05) is 0 Å². The summed E-state index contributed by atoms with van der Waals surface area (Å²) in [4.78, 5) is 5.58. The van der Waals surface area contributed by atoms with E-state index in [2.05, 4.69) is 0 Å². The van der Waals surface area contributed by atoms with Crippen LogP contribution in [-0.2, 0) is 4.84 Å². The van der Waals surface area contributed by atoms with Crippen molar-refractivity contribution in [3.05, 3.63) is 0 Å². The summed E-state index contributed by atoms with van der Waals surface area (Å²) in [7, 11) is 11.6. The SMILES string of the molecule is CC(CCO[N+](C)(C)C)(C(O)O)[N+](C)(C)C. The molecule has 0 aromatic carbocycles. The van der Waals surface area contributed by atoms with Gasteiger partial charge in [0, 0.05) is 6.42 Å². The molecule has 0 heterocycles. The molecule has 0 spiro atoms. The van der Waals surface area contributed by atoms with Crippen molar-refractivity contribution < 1.29 is 24.2 Å². The van der Waals surface area contributed by atoms with Gasteiger partial charge in [-0.05, 0) is 6.92 Å². The number of aliphatic hydroxyl groups excluding tert-OH is 1. The van der Waals surface area contributed by atoms with Crippen LogP contribution in [0.2, 0.25) is 0 Å². The second-order valence-corrected chi connectivity index (χ2v) is 6.22. The highest BCUT2D eigenvalue weighted by molar-refractivity contribution is 4.77. The summed E-state index contributed by atoms with van der Waals surface area (Å²) >= 11 is 0. The molecule has 0 aliphatic heterocycles. The van der Waals surface area contributed by atoms with Crippen molar-refractivity contribution in [1.82, 2.24) is 0 Å². The van der Waals surface area contributed by atoms with E-state index in [0.29, 0.717) is 22.2 Å².